The molecular formula is C12H16ClN. The van der Waals surface area contributed by atoms with E-state index in [4.69, 9.17) is 17.3 Å². The zero-order valence-electron chi connectivity index (χ0n) is 8.63. The van der Waals surface area contributed by atoms with E-state index < -0.39 is 0 Å². The Hall–Kier alpha value is -0.790. The predicted molar refractivity (Wildman–Crippen MR) is 62.6 cm³/mol. The predicted octanol–water partition coefficient (Wildman–Crippen LogP) is 3.18. The molecule has 0 saturated carbocycles. The van der Waals surface area contributed by atoms with E-state index in [1.54, 1.807) is 5.54 Å². The van der Waals surface area contributed by atoms with Crippen molar-refractivity contribution in [2.45, 2.75) is 19.8 Å². The first kappa shape index (κ1) is 11.3. The van der Waals surface area contributed by atoms with E-state index in [2.05, 4.69) is 38.1 Å². The second-order valence-corrected chi connectivity index (χ2v) is 3.74. The van der Waals surface area contributed by atoms with E-state index >= 15 is 0 Å². The number of nitrogens with two attached hydrogens (primary N) is 1. The maximum Gasteiger partial charge on any atom is 0.0154 e. The largest absolute Gasteiger partial charge is 0.327 e. The Morgan fingerprint density at radius 1 is 1.43 bits per heavy atom. The van der Waals surface area contributed by atoms with Crippen molar-refractivity contribution in [3.8, 4) is 0 Å². The molecule has 0 aromatic heterocycles. The average molecular weight is 210 g/mol. The summed E-state index contributed by atoms with van der Waals surface area (Å²) in [6.45, 7) is 4.71. The van der Waals surface area contributed by atoms with Crippen molar-refractivity contribution in [2.24, 2.45) is 5.73 Å². The minimum atomic E-state index is 0.304. The van der Waals surface area contributed by atoms with Crippen LogP contribution in [0.3, 0.4) is 0 Å². The van der Waals surface area contributed by atoms with Gasteiger partial charge in [-0.25, -0.2) is 0 Å². The second-order valence-electron chi connectivity index (χ2n) is 3.52. The molecule has 0 aliphatic rings. The molecule has 0 saturated heterocycles. The first-order valence-electron chi connectivity index (χ1n) is 4.74. The van der Waals surface area contributed by atoms with E-state index in [-0.39, 0.29) is 0 Å². The number of benzene rings is 1. The minimum absolute atomic E-state index is 0.304. The van der Waals surface area contributed by atoms with Gasteiger partial charge in [0.05, 0.1) is 0 Å². The lowest BCUT2D eigenvalue weighted by molar-refractivity contribution is 0.859. The SMILES string of the molecule is Cc1ccc(C(C)C(=CCl)CN)cc1. The number of rotatable bonds is 3. The van der Waals surface area contributed by atoms with Crippen LogP contribution in [0.4, 0.5) is 0 Å². The van der Waals surface area contributed by atoms with Crippen molar-refractivity contribution < 1.29 is 0 Å². The van der Waals surface area contributed by atoms with Crippen LogP contribution in [0.1, 0.15) is 24.0 Å². The van der Waals surface area contributed by atoms with Crippen molar-refractivity contribution in [3.63, 3.8) is 0 Å². The molecule has 1 unspecified atom stereocenters. The van der Waals surface area contributed by atoms with Crippen LogP contribution in [-0.2, 0) is 0 Å². The summed E-state index contributed by atoms with van der Waals surface area (Å²) in [6.07, 6.45) is 0. The molecule has 0 radical (unpaired) electrons. The van der Waals surface area contributed by atoms with Gasteiger partial charge in [0.15, 0.2) is 0 Å². The molecule has 0 spiro atoms. The lowest BCUT2D eigenvalue weighted by atomic mass is 9.93. The van der Waals surface area contributed by atoms with E-state index in [0.717, 1.165) is 5.57 Å². The molecule has 0 heterocycles. The molecule has 76 valence electrons. The van der Waals surface area contributed by atoms with Crippen LogP contribution in [0.2, 0.25) is 0 Å². The summed E-state index contributed by atoms with van der Waals surface area (Å²) in [5.74, 6) is 0.304. The van der Waals surface area contributed by atoms with Crippen molar-refractivity contribution in [1.29, 1.82) is 0 Å². The summed E-state index contributed by atoms with van der Waals surface area (Å²) in [6, 6.07) is 8.45. The van der Waals surface area contributed by atoms with E-state index in [9.17, 15) is 0 Å². The van der Waals surface area contributed by atoms with Crippen LogP contribution in [-0.4, -0.2) is 6.54 Å². The number of hydrogen-bond acceptors (Lipinski definition) is 1. The quantitative estimate of drug-likeness (QED) is 0.813. The van der Waals surface area contributed by atoms with Crippen LogP contribution in [0.15, 0.2) is 35.4 Å². The Kier molecular flexibility index (Phi) is 4.18. The van der Waals surface area contributed by atoms with Gasteiger partial charge in [-0.3, -0.25) is 0 Å². The maximum absolute atomic E-state index is 5.70. The van der Waals surface area contributed by atoms with Gasteiger partial charge >= 0.3 is 0 Å². The van der Waals surface area contributed by atoms with Gasteiger partial charge in [-0.05, 0) is 18.1 Å². The highest BCUT2D eigenvalue weighted by Crippen LogP contribution is 2.23. The zero-order chi connectivity index (χ0) is 10.6. The molecule has 0 fully saturated rings. The van der Waals surface area contributed by atoms with Crippen molar-refractivity contribution in [1.82, 2.24) is 0 Å². The van der Waals surface area contributed by atoms with Gasteiger partial charge in [-0.15, -0.1) is 0 Å². The third-order valence-electron chi connectivity index (χ3n) is 2.51. The molecule has 0 aliphatic carbocycles. The molecule has 0 aliphatic heterocycles. The highest BCUT2D eigenvalue weighted by molar-refractivity contribution is 6.25. The fraction of sp³-hybridized carbons (Fsp3) is 0.333. The molecule has 1 rings (SSSR count). The maximum atomic E-state index is 5.70. The van der Waals surface area contributed by atoms with Crippen molar-refractivity contribution in [2.75, 3.05) is 6.54 Å². The van der Waals surface area contributed by atoms with Crippen LogP contribution in [0.25, 0.3) is 0 Å². The molecule has 1 atom stereocenters. The van der Waals surface area contributed by atoms with Crippen LogP contribution < -0.4 is 5.73 Å². The van der Waals surface area contributed by atoms with Gasteiger partial charge in [0.2, 0.25) is 0 Å². The standard InChI is InChI=1S/C12H16ClN/c1-9-3-5-11(6-4-9)10(2)12(7-13)8-14/h3-7,10H,8,14H2,1-2H3. The molecule has 2 heteroatoms. The number of halogens is 1. The Labute approximate surface area is 90.6 Å². The Bertz CT molecular complexity index is 314. The van der Waals surface area contributed by atoms with Crippen LogP contribution in [0.5, 0.6) is 0 Å². The van der Waals surface area contributed by atoms with E-state index in [1.165, 1.54) is 11.1 Å². The van der Waals surface area contributed by atoms with Crippen LogP contribution >= 0.6 is 11.6 Å². The minimum Gasteiger partial charge on any atom is -0.327 e. The highest BCUT2D eigenvalue weighted by atomic mass is 35.5. The average Bonchev–Trinajstić information content (AvgIpc) is 2.20. The molecule has 2 N–H and O–H groups in total. The summed E-state index contributed by atoms with van der Waals surface area (Å²) in [5.41, 5.74) is 10.8. The van der Waals surface area contributed by atoms with E-state index in [0.29, 0.717) is 12.5 Å². The lowest BCUT2D eigenvalue weighted by Crippen LogP contribution is -2.09. The second kappa shape index (κ2) is 5.18. The van der Waals surface area contributed by atoms with Crippen molar-refractivity contribution in [3.05, 3.63) is 46.5 Å². The first-order chi connectivity index (χ1) is 6.69. The summed E-state index contributed by atoms with van der Waals surface area (Å²) in [7, 11) is 0. The Morgan fingerprint density at radius 2 is 2.00 bits per heavy atom. The van der Waals surface area contributed by atoms with Gasteiger partial charge in [-0.2, -0.15) is 0 Å². The van der Waals surface area contributed by atoms with Gasteiger partial charge in [0.25, 0.3) is 0 Å². The molecule has 14 heavy (non-hydrogen) atoms. The third kappa shape index (κ3) is 2.60. The molecule has 1 nitrogen and oxygen atoms in total. The van der Waals surface area contributed by atoms with Gasteiger partial charge < -0.3 is 5.73 Å². The summed E-state index contributed by atoms with van der Waals surface area (Å²) in [4.78, 5) is 0. The number of hydrogen-bond donors (Lipinski definition) is 1. The van der Waals surface area contributed by atoms with Crippen LogP contribution in [0, 0.1) is 6.92 Å². The smallest absolute Gasteiger partial charge is 0.0154 e. The fourth-order valence-electron chi connectivity index (χ4n) is 1.39. The summed E-state index contributed by atoms with van der Waals surface area (Å²) >= 11 is 5.70. The topological polar surface area (TPSA) is 26.0 Å². The third-order valence-corrected chi connectivity index (χ3v) is 2.79. The van der Waals surface area contributed by atoms with Gasteiger partial charge in [0.1, 0.15) is 0 Å². The Balaban J connectivity index is 2.89. The van der Waals surface area contributed by atoms with Gasteiger partial charge in [-0.1, -0.05) is 48.4 Å². The highest BCUT2D eigenvalue weighted by Gasteiger charge is 2.08. The molecule has 1 aromatic rings. The monoisotopic (exact) mass is 209 g/mol. The molecule has 0 amide bonds. The zero-order valence-corrected chi connectivity index (χ0v) is 9.38. The summed E-state index contributed by atoms with van der Waals surface area (Å²) < 4.78 is 0. The lowest BCUT2D eigenvalue weighted by Gasteiger charge is -2.14. The number of aryl methyl sites for hydroxylation is 1. The molecule has 0 bridgehead atoms. The van der Waals surface area contributed by atoms with Crippen molar-refractivity contribution >= 4 is 11.6 Å². The Morgan fingerprint density at radius 3 is 2.43 bits per heavy atom. The van der Waals surface area contributed by atoms with E-state index in [1.807, 2.05) is 0 Å². The van der Waals surface area contributed by atoms with Gasteiger partial charge in [0, 0.05) is 18.0 Å². The normalized spacial score (nSPS) is 14.1. The molecular weight excluding hydrogens is 194 g/mol. The fourth-order valence-corrected chi connectivity index (χ4v) is 1.66. The summed E-state index contributed by atoms with van der Waals surface area (Å²) in [5, 5.41) is 0. The first-order valence-corrected chi connectivity index (χ1v) is 5.18. The molecule has 1 aromatic carbocycles.